The van der Waals surface area contributed by atoms with E-state index >= 15 is 0 Å². The smallest absolute Gasteiger partial charge is 0.194 e. The summed E-state index contributed by atoms with van der Waals surface area (Å²) in [6, 6.07) is 4.44. The Labute approximate surface area is 75.7 Å². The molecular weight excluding hydrogens is 174 g/mol. The number of aromatic hydroxyl groups is 1. The van der Waals surface area contributed by atoms with E-state index in [-0.39, 0.29) is 17.0 Å². The minimum atomic E-state index is -0.945. The van der Waals surface area contributed by atoms with Gasteiger partial charge in [-0.3, -0.25) is 0 Å². The molecule has 0 amide bonds. The fraction of sp³-hybridized carbons (Fsp3) is 0.250. The van der Waals surface area contributed by atoms with Gasteiger partial charge in [0.2, 0.25) is 0 Å². The fourth-order valence-electron chi connectivity index (χ4n) is 0.818. The zero-order valence-electron chi connectivity index (χ0n) is 7.19. The standard InChI is InChI=1S/C8H11NO3.H2O/c1-5(10)12-8-3-2-6(9)4-7(8)11;/h2-5,10-11H,9H2,1H3;1H2. The first-order chi connectivity index (χ1) is 5.59. The second-order valence-corrected chi connectivity index (χ2v) is 2.44. The van der Waals surface area contributed by atoms with Crippen LogP contribution in [0, 0.1) is 0 Å². The summed E-state index contributed by atoms with van der Waals surface area (Å²) in [6.07, 6.45) is -0.945. The van der Waals surface area contributed by atoms with Gasteiger partial charge in [0.05, 0.1) is 0 Å². The number of rotatable bonds is 2. The molecule has 1 unspecified atom stereocenters. The van der Waals surface area contributed by atoms with Crippen LogP contribution in [0.5, 0.6) is 11.5 Å². The summed E-state index contributed by atoms with van der Waals surface area (Å²) in [5, 5.41) is 18.1. The van der Waals surface area contributed by atoms with Crippen molar-refractivity contribution in [2.75, 3.05) is 5.73 Å². The Morgan fingerprint density at radius 3 is 2.54 bits per heavy atom. The zero-order valence-corrected chi connectivity index (χ0v) is 7.19. The van der Waals surface area contributed by atoms with E-state index < -0.39 is 6.29 Å². The van der Waals surface area contributed by atoms with Gasteiger partial charge in [-0.25, -0.2) is 0 Å². The molecule has 0 saturated carbocycles. The summed E-state index contributed by atoms with van der Waals surface area (Å²) in [5.74, 6) is 0.148. The second kappa shape index (κ2) is 4.54. The van der Waals surface area contributed by atoms with Gasteiger partial charge in [-0.2, -0.15) is 0 Å². The summed E-state index contributed by atoms with van der Waals surface area (Å²) in [5.41, 5.74) is 5.83. The number of hydrogen-bond acceptors (Lipinski definition) is 4. The lowest BCUT2D eigenvalue weighted by Gasteiger charge is -2.09. The summed E-state index contributed by atoms with van der Waals surface area (Å²) >= 11 is 0. The van der Waals surface area contributed by atoms with Crippen molar-refractivity contribution in [1.29, 1.82) is 0 Å². The van der Waals surface area contributed by atoms with Crippen molar-refractivity contribution in [3.8, 4) is 11.5 Å². The zero-order chi connectivity index (χ0) is 9.14. The SMILES string of the molecule is CC(O)Oc1ccc(N)cc1O.O. The van der Waals surface area contributed by atoms with Gasteiger partial charge in [0.1, 0.15) is 0 Å². The quantitative estimate of drug-likeness (QED) is 0.442. The average molecular weight is 187 g/mol. The monoisotopic (exact) mass is 187 g/mol. The maximum Gasteiger partial charge on any atom is 0.194 e. The minimum absolute atomic E-state index is 0. The summed E-state index contributed by atoms with van der Waals surface area (Å²) in [4.78, 5) is 0. The highest BCUT2D eigenvalue weighted by molar-refractivity contribution is 5.51. The van der Waals surface area contributed by atoms with Crippen LogP contribution in [-0.4, -0.2) is 22.0 Å². The number of phenols is 1. The van der Waals surface area contributed by atoms with Gasteiger partial charge in [-0.15, -0.1) is 0 Å². The van der Waals surface area contributed by atoms with E-state index in [0.29, 0.717) is 5.69 Å². The topological polar surface area (TPSA) is 107 Å². The van der Waals surface area contributed by atoms with Crippen LogP contribution in [0.25, 0.3) is 0 Å². The highest BCUT2D eigenvalue weighted by Gasteiger charge is 2.04. The Morgan fingerprint density at radius 2 is 2.08 bits per heavy atom. The molecule has 13 heavy (non-hydrogen) atoms. The summed E-state index contributed by atoms with van der Waals surface area (Å²) in [7, 11) is 0. The summed E-state index contributed by atoms with van der Waals surface area (Å²) in [6.45, 7) is 1.45. The molecule has 5 nitrogen and oxygen atoms in total. The maximum absolute atomic E-state index is 9.22. The Balaban J connectivity index is 0.00000144. The predicted molar refractivity (Wildman–Crippen MR) is 48.4 cm³/mol. The molecule has 0 radical (unpaired) electrons. The number of anilines is 1. The van der Waals surface area contributed by atoms with Gasteiger partial charge in [0.25, 0.3) is 0 Å². The summed E-state index contributed by atoms with van der Waals surface area (Å²) < 4.78 is 4.85. The highest BCUT2D eigenvalue weighted by atomic mass is 16.6. The predicted octanol–water partition coefficient (Wildman–Crippen LogP) is -0.133. The molecule has 0 spiro atoms. The number of aliphatic hydroxyl groups is 1. The van der Waals surface area contributed by atoms with E-state index in [4.69, 9.17) is 15.6 Å². The molecular formula is C8H13NO4. The van der Waals surface area contributed by atoms with E-state index in [1.54, 1.807) is 6.07 Å². The fourth-order valence-corrected chi connectivity index (χ4v) is 0.818. The molecule has 0 aromatic heterocycles. The van der Waals surface area contributed by atoms with Crippen molar-refractivity contribution < 1.29 is 20.4 Å². The maximum atomic E-state index is 9.22. The average Bonchev–Trinajstić information content (AvgIpc) is 1.94. The highest BCUT2D eigenvalue weighted by Crippen LogP contribution is 2.28. The number of nitrogens with two attached hydrogens (primary N) is 1. The molecule has 1 aromatic rings. The number of ether oxygens (including phenoxy) is 1. The van der Waals surface area contributed by atoms with E-state index in [0.717, 1.165) is 0 Å². The molecule has 1 rings (SSSR count). The third-order valence-corrected chi connectivity index (χ3v) is 1.28. The number of hydrogen-bond donors (Lipinski definition) is 3. The van der Waals surface area contributed by atoms with Crippen LogP contribution in [-0.2, 0) is 0 Å². The number of aliphatic hydroxyl groups excluding tert-OH is 1. The van der Waals surface area contributed by atoms with E-state index in [1.807, 2.05) is 0 Å². The molecule has 0 bridgehead atoms. The largest absolute Gasteiger partial charge is 0.504 e. The third kappa shape index (κ3) is 3.18. The van der Waals surface area contributed by atoms with Crippen molar-refractivity contribution in [3.05, 3.63) is 18.2 Å². The van der Waals surface area contributed by atoms with E-state index in [1.165, 1.54) is 19.1 Å². The Morgan fingerprint density at radius 1 is 1.46 bits per heavy atom. The number of nitrogen functional groups attached to an aromatic ring is 1. The van der Waals surface area contributed by atoms with Gasteiger partial charge < -0.3 is 26.2 Å². The van der Waals surface area contributed by atoms with E-state index in [9.17, 15) is 5.11 Å². The molecule has 0 aliphatic carbocycles. The van der Waals surface area contributed by atoms with Gasteiger partial charge >= 0.3 is 0 Å². The van der Waals surface area contributed by atoms with Crippen molar-refractivity contribution in [3.63, 3.8) is 0 Å². The minimum Gasteiger partial charge on any atom is -0.504 e. The van der Waals surface area contributed by atoms with Crippen LogP contribution < -0.4 is 10.5 Å². The molecule has 1 aromatic carbocycles. The molecule has 0 aliphatic rings. The van der Waals surface area contributed by atoms with E-state index in [2.05, 4.69) is 0 Å². The molecule has 0 heterocycles. The van der Waals surface area contributed by atoms with Crippen LogP contribution in [0.15, 0.2) is 18.2 Å². The lowest BCUT2D eigenvalue weighted by Crippen LogP contribution is -2.09. The van der Waals surface area contributed by atoms with Crippen molar-refractivity contribution in [2.24, 2.45) is 0 Å². The number of benzene rings is 1. The molecule has 5 heteroatoms. The molecule has 1 atom stereocenters. The van der Waals surface area contributed by atoms with Gasteiger partial charge in [-0.1, -0.05) is 0 Å². The normalized spacial score (nSPS) is 11.5. The first-order valence-electron chi connectivity index (χ1n) is 3.53. The third-order valence-electron chi connectivity index (χ3n) is 1.28. The molecule has 6 N–H and O–H groups in total. The van der Waals surface area contributed by atoms with Crippen LogP contribution in [0.1, 0.15) is 6.92 Å². The van der Waals surface area contributed by atoms with Crippen molar-refractivity contribution in [2.45, 2.75) is 13.2 Å². The van der Waals surface area contributed by atoms with Gasteiger partial charge in [0, 0.05) is 11.8 Å². The lowest BCUT2D eigenvalue weighted by atomic mass is 10.3. The van der Waals surface area contributed by atoms with Crippen molar-refractivity contribution >= 4 is 5.69 Å². The second-order valence-electron chi connectivity index (χ2n) is 2.44. The van der Waals surface area contributed by atoms with Gasteiger partial charge in [-0.05, 0) is 19.1 Å². The first kappa shape index (κ1) is 11.5. The first-order valence-corrected chi connectivity index (χ1v) is 3.53. The van der Waals surface area contributed by atoms with Crippen molar-refractivity contribution in [1.82, 2.24) is 0 Å². The lowest BCUT2D eigenvalue weighted by molar-refractivity contribution is -0.00205. The number of phenolic OH excluding ortho intramolecular Hbond substituents is 1. The molecule has 0 aliphatic heterocycles. The van der Waals surface area contributed by atoms with Crippen LogP contribution in [0.2, 0.25) is 0 Å². The molecule has 0 saturated heterocycles. The Bertz CT molecular complexity index is 275. The van der Waals surface area contributed by atoms with Crippen LogP contribution >= 0.6 is 0 Å². The van der Waals surface area contributed by atoms with Crippen LogP contribution in [0.4, 0.5) is 5.69 Å². The molecule has 74 valence electrons. The Hall–Kier alpha value is -1.46. The van der Waals surface area contributed by atoms with Gasteiger partial charge in [0.15, 0.2) is 17.8 Å². The molecule has 0 fully saturated rings. The van der Waals surface area contributed by atoms with Crippen LogP contribution in [0.3, 0.4) is 0 Å². The Kier molecular flexibility index (Phi) is 4.03.